The van der Waals surface area contributed by atoms with E-state index in [1.807, 2.05) is 0 Å². The Labute approximate surface area is 166 Å². The largest absolute Gasteiger partial charge is 0.434 e. The Morgan fingerprint density at radius 3 is 2.48 bits per heavy atom. The smallest absolute Gasteiger partial charge is 0.228 e. The van der Waals surface area contributed by atoms with Gasteiger partial charge < -0.3 is 0 Å². The van der Waals surface area contributed by atoms with E-state index in [1.54, 1.807) is 36.4 Å². The number of rotatable bonds is 2. The zero-order valence-electron chi connectivity index (χ0n) is 16.5. The van der Waals surface area contributed by atoms with Crippen molar-refractivity contribution in [2.45, 2.75) is 51.1 Å². The van der Waals surface area contributed by atoms with E-state index in [0.29, 0.717) is 5.69 Å². The van der Waals surface area contributed by atoms with Gasteiger partial charge in [-0.25, -0.2) is 4.68 Å². The summed E-state index contributed by atoms with van der Waals surface area (Å²) < 4.78 is 43.0. The fourth-order valence-corrected chi connectivity index (χ4v) is 5.27. The van der Waals surface area contributed by atoms with Gasteiger partial charge in [-0.05, 0) is 47.9 Å². The molecule has 0 amide bonds. The van der Waals surface area contributed by atoms with Gasteiger partial charge >= 0.3 is 6.18 Å². The number of para-hydroxylation sites is 1. The molecule has 0 spiro atoms. The Kier molecular flexibility index (Phi) is 3.59. The van der Waals surface area contributed by atoms with Crippen molar-refractivity contribution in [2.24, 2.45) is 5.41 Å². The number of nitrogens with zero attached hydrogens (tertiary/aromatic N) is 4. The minimum absolute atomic E-state index is 0.0176. The van der Waals surface area contributed by atoms with Crippen molar-refractivity contribution < 1.29 is 13.2 Å². The van der Waals surface area contributed by atoms with Crippen LogP contribution in [0.25, 0.3) is 16.9 Å². The number of aromatic nitrogens is 4. The first-order valence-electron chi connectivity index (χ1n) is 9.74. The molecule has 2 aliphatic carbocycles. The third-order valence-corrected chi connectivity index (χ3v) is 7.26. The fraction of sp³-hybridized carbons (Fsp3) is 0.409. The molecule has 0 saturated heterocycles. The summed E-state index contributed by atoms with van der Waals surface area (Å²) >= 11 is 0. The van der Waals surface area contributed by atoms with Crippen LogP contribution >= 0.6 is 0 Å². The summed E-state index contributed by atoms with van der Waals surface area (Å²) in [5, 5.41) is 12.7. The number of fused-ring (bicyclic) bond motifs is 5. The summed E-state index contributed by atoms with van der Waals surface area (Å²) in [6.45, 7) is 6.64. The van der Waals surface area contributed by atoms with Crippen LogP contribution in [0.4, 0.5) is 13.2 Å². The molecule has 2 atom stereocenters. The third-order valence-electron chi connectivity index (χ3n) is 7.26. The lowest BCUT2D eigenvalue weighted by Gasteiger charge is -2.33. The molecule has 1 fully saturated rings. The molecule has 0 unspecified atom stereocenters. The fourth-order valence-electron chi connectivity index (χ4n) is 5.27. The predicted octanol–water partition coefficient (Wildman–Crippen LogP) is 5.52. The van der Waals surface area contributed by atoms with Gasteiger partial charge in [-0.3, -0.25) is 0 Å². The Hall–Kier alpha value is -2.70. The average molecular weight is 398 g/mol. The molecule has 1 aromatic carbocycles. The van der Waals surface area contributed by atoms with Crippen molar-refractivity contribution in [3.05, 3.63) is 59.5 Å². The van der Waals surface area contributed by atoms with Gasteiger partial charge in [0.1, 0.15) is 0 Å². The second-order valence-corrected chi connectivity index (χ2v) is 8.83. The lowest BCUT2D eigenvalue weighted by Crippen LogP contribution is -2.32. The lowest BCUT2D eigenvalue weighted by atomic mass is 9.70. The van der Waals surface area contributed by atoms with Gasteiger partial charge in [-0.15, -0.1) is 0 Å². The van der Waals surface area contributed by atoms with Crippen LogP contribution < -0.4 is 0 Å². The van der Waals surface area contributed by atoms with Crippen molar-refractivity contribution in [1.29, 1.82) is 0 Å². The maximum Gasteiger partial charge on any atom is 0.434 e. The highest BCUT2D eigenvalue weighted by atomic mass is 19.4. The average Bonchev–Trinajstić information content (AvgIpc) is 3.27. The van der Waals surface area contributed by atoms with E-state index in [1.165, 1.54) is 6.20 Å². The second kappa shape index (κ2) is 5.68. The van der Waals surface area contributed by atoms with Crippen LogP contribution in [0, 0.1) is 5.41 Å². The highest BCUT2D eigenvalue weighted by Crippen LogP contribution is 2.67. The van der Waals surface area contributed by atoms with E-state index in [9.17, 15) is 13.2 Å². The highest BCUT2D eigenvalue weighted by Gasteiger charge is 2.60. The number of hydrogen-bond acceptors (Lipinski definition) is 3. The third kappa shape index (κ3) is 2.36. The molecular weight excluding hydrogens is 377 g/mol. The molecule has 1 saturated carbocycles. The van der Waals surface area contributed by atoms with Gasteiger partial charge in [-0.2, -0.15) is 28.5 Å². The SMILES string of the molecule is CC1(C)[C@@H]2CC[C@@]1(C)c1nnc(-c3cnn(-c4ccccc4)c3C(F)(F)F)cc12. The number of alkyl halides is 3. The molecule has 0 N–H and O–H groups in total. The minimum atomic E-state index is -4.58. The van der Waals surface area contributed by atoms with Gasteiger partial charge in [0.25, 0.3) is 0 Å². The van der Waals surface area contributed by atoms with Gasteiger partial charge in [0.2, 0.25) is 0 Å². The molecule has 29 heavy (non-hydrogen) atoms. The zero-order chi connectivity index (χ0) is 20.6. The van der Waals surface area contributed by atoms with Crippen LogP contribution in [0.3, 0.4) is 0 Å². The summed E-state index contributed by atoms with van der Waals surface area (Å²) in [5.74, 6) is 0.287. The van der Waals surface area contributed by atoms with Gasteiger partial charge in [-0.1, -0.05) is 39.0 Å². The van der Waals surface area contributed by atoms with Crippen molar-refractivity contribution in [3.63, 3.8) is 0 Å². The molecule has 2 aromatic heterocycles. The van der Waals surface area contributed by atoms with Crippen molar-refractivity contribution in [3.8, 4) is 16.9 Å². The maximum atomic E-state index is 14.0. The Balaban J connectivity index is 1.68. The predicted molar refractivity (Wildman–Crippen MR) is 103 cm³/mol. The molecule has 2 bridgehead atoms. The molecular formula is C22H21F3N4. The van der Waals surface area contributed by atoms with Crippen molar-refractivity contribution >= 4 is 0 Å². The highest BCUT2D eigenvalue weighted by molar-refractivity contribution is 5.65. The van der Waals surface area contributed by atoms with Crippen LogP contribution in [0.15, 0.2) is 42.6 Å². The van der Waals surface area contributed by atoms with Gasteiger partial charge in [0.05, 0.1) is 28.8 Å². The van der Waals surface area contributed by atoms with E-state index in [4.69, 9.17) is 0 Å². The lowest BCUT2D eigenvalue weighted by molar-refractivity contribution is -0.142. The molecule has 7 heteroatoms. The molecule has 0 aliphatic heterocycles. The molecule has 5 rings (SSSR count). The molecule has 0 radical (unpaired) electrons. The summed E-state index contributed by atoms with van der Waals surface area (Å²) in [4.78, 5) is 0. The maximum absolute atomic E-state index is 14.0. The van der Waals surface area contributed by atoms with Gasteiger partial charge in [0, 0.05) is 5.41 Å². The van der Waals surface area contributed by atoms with E-state index >= 15 is 0 Å². The normalized spacial score (nSPS) is 24.7. The number of hydrogen-bond donors (Lipinski definition) is 0. The topological polar surface area (TPSA) is 43.6 Å². The summed E-state index contributed by atoms with van der Waals surface area (Å²) in [6.07, 6.45) is -1.28. The summed E-state index contributed by atoms with van der Waals surface area (Å²) in [5.41, 5.74) is 1.62. The molecule has 2 aliphatic rings. The molecule has 2 heterocycles. The number of benzene rings is 1. The molecule has 150 valence electrons. The first-order chi connectivity index (χ1) is 13.6. The van der Waals surface area contributed by atoms with Crippen LogP contribution in [-0.2, 0) is 11.6 Å². The van der Waals surface area contributed by atoms with Crippen molar-refractivity contribution in [1.82, 2.24) is 20.0 Å². The first-order valence-corrected chi connectivity index (χ1v) is 9.74. The molecule has 4 nitrogen and oxygen atoms in total. The quantitative estimate of drug-likeness (QED) is 0.571. The van der Waals surface area contributed by atoms with E-state index < -0.39 is 11.9 Å². The summed E-state index contributed by atoms with van der Waals surface area (Å²) in [6, 6.07) is 10.1. The summed E-state index contributed by atoms with van der Waals surface area (Å²) in [7, 11) is 0. The Morgan fingerprint density at radius 1 is 1.07 bits per heavy atom. The standard InChI is InChI=1S/C22H21F3N4/c1-20(2)16-9-10-21(20,3)18-14(16)11-17(27-28-18)15-12-26-29(19(15)22(23,24)25)13-7-5-4-6-8-13/h4-8,11-12,16H,9-10H2,1-3H3/t16-,21+/m1/s1. The van der Waals surface area contributed by atoms with E-state index in [0.717, 1.165) is 28.8 Å². The first kappa shape index (κ1) is 18.3. The van der Waals surface area contributed by atoms with Crippen LogP contribution in [0.2, 0.25) is 0 Å². The van der Waals surface area contributed by atoms with Crippen LogP contribution in [-0.4, -0.2) is 20.0 Å². The van der Waals surface area contributed by atoms with E-state index in [-0.39, 0.29) is 28.0 Å². The second-order valence-electron chi connectivity index (χ2n) is 8.83. The van der Waals surface area contributed by atoms with Gasteiger partial charge in [0.15, 0.2) is 5.69 Å². The Morgan fingerprint density at radius 2 is 1.79 bits per heavy atom. The van der Waals surface area contributed by atoms with E-state index in [2.05, 4.69) is 36.1 Å². The molecule has 3 aromatic rings. The minimum Gasteiger partial charge on any atom is -0.228 e. The number of halogens is 3. The van der Waals surface area contributed by atoms with Crippen molar-refractivity contribution in [2.75, 3.05) is 0 Å². The monoisotopic (exact) mass is 398 g/mol. The van der Waals surface area contributed by atoms with Crippen LogP contribution in [0.1, 0.15) is 56.5 Å². The Bertz CT molecular complexity index is 1100. The zero-order valence-corrected chi connectivity index (χ0v) is 16.5. The van der Waals surface area contributed by atoms with Crippen LogP contribution in [0.5, 0.6) is 0 Å².